The smallest absolute Gasteiger partial charge is 0.149 e. The number of methoxy groups -OCH3 is 2. The molecule has 1 aromatic carbocycles. The monoisotopic (exact) mass is 415 g/mol. The molecule has 0 spiro atoms. The van der Waals surface area contributed by atoms with E-state index < -0.39 is 0 Å². The third kappa shape index (κ3) is 3.68. The predicted octanol–water partition coefficient (Wildman–Crippen LogP) is 2.55. The third-order valence-corrected chi connectivity index (χ3v) is 6.16. The number of aliphatic hydroxyl groups excluding tert-OH is 1. The third-order valence-electron chi connectivity index (χ3n) is 5.30. The van der Waals surface area contributed by atoms with Crippen LogP contribution in [-0.2, 0) is 0 Å². The first-order valence-electron chi connectivity index (χ1n) is 9.42. The van der Waals surface area contributed by atoms with Crippen molar-refractivity contribution in [3.05, 3.63) is 34.3 Å². The van der Waals surface area contributed by atoms with Crippen LogP contribution in [0.3, 0.4) is 0 Å². The maximum atomic E-state index is 10.6. The lowest BCUT2D eigenvalue weighted by Crippen LogP contribution is -2.53. The van der Waals surface area contributed by atoms with E-state index in [9.17, 15) is 5.11 Å². The second-order valence-corrected chi connectivity index (χ2v) is 7.95. The fourth-order valence-electron chi connectivity index (χ4n) is 3.60. The van der Waals surface area contributed by atoms with Crippen molar-refractivity contribution in [2.75, 3.05) is 54.0 Å². The van der Waals surface area contributed by atoms with Gasteiger partial charge in [-0.3, -0.25) is 10.4 Å². The first-order valence-corrected chi connectivity index (χ1v) is 10.3. The van der Waals surface area contributed by atoms with Gasteiger partial charge in [0, 0.05) is 37.1 Å². The Morgan fingerprint density at radius 3 is 2.59 bits per heavy atom. The molecule has 0 atom stereocenters. The van der Waals surface area contributed by atoms with E-state index in [1.807, 2.05) is 28.6 Å². The Balaban J connectivity index is 1.60. The van der Waals surface area contributed by atoms with Gasteiger partial charge < -0.3 is 19.5 Å². The van der Waals surface area contributed by atoms with Crippen molar-refractivity contribution in [2.24, 2.45) is 0 Å². The summed E-state index contributed by atoms with van der Waals surface area (Å²) >= 11 is 1.41. The number of likely N-dealkylation sites (N-methyl/N-ethyl adjacent to an activating group) is 1. The maximum absolute atomic E-state index is 10.6. The summed E-state index contributed by atoms with van der Waals surface area (Å²) in [6.45, 7) is 3.87. The highest BCUT2D eigenvalue weighted by Crippen LogP contribution is 2.37. The Bertz CT molecular complexity index is 949. The summed E-state index contributed by atoms with van der Waals surface area (Å²) in [6.07, 6.45) is 0. The Morgan fingerprint density at radius 2 is 1.90 bits per heavy atom. The average molecular weight is 416 g/mol. The van der Waals surface area contributed by atoms with Crippen molar-refractivity contribution >= 4 is 22.7 Å². The van der Waals surface area contributed by atoms with E-state index in [-0.39, 0.29) is 5.76 Å². The minimum atomic E-state index is 0.187. The molecule has 2 N–H and O–H groups in total. The quantitative estimate of drug-likeness (QED) is 0.776. The molecule has 0 bridgehead atoms. The van der Waals surface area contributed by atoms with E-state index in [4.69, 9.17) is 19.9 Å². The van der Waals surface area contributed by atoms with Gasteiger partial charge in [-0.15, -0.1) is 11.3 Å². The van der Waals surface area contributed by atoms with Gasteiger partial charge in [-0.25, -0.2) is 9.99 Å². The molecule has 9 heteroatoms. The molecule has 0 aliphatic carbocycles. The number of aromatic nitrogens is 1. The minimum Gasteiger partial charge on any atom is -0.509 e. The summed E-state index contributed by atoms with van der Waals surface area (Å²) in [4.78, 5) is 6.97. The number of benzene rings is 1. The molecule has 1 saturated heterocycles. The van der Waals surface area contributed by atoms with Crippen molar-refractivity contribution < 1.29 is 14.6 Å². The number of ether oxygens (including phenoxy) is 2. The van der Waals surface area contributed by atoms with Gasteiger partial charge in [0.05, 0.1) is 32.0 Å². The fourth-order valence-corrected chi connectivity index (χ4v) is 4.48. The molecule has 2 aliphatic heterocycles. The van der Waals surface area contributed by atoms with Crippen molar-refractivity contribution in [3.8, 4) is 22.8 Å². The lowest BCUT2D eigenvalue weighted by Gasteiger charge is -2.38. The number of nitrogens with one attached hydrogen (secondary N) is 1. The van der Waals surface area contributed by atoms with Crippen LogP contribution < -0.4 is 9.47 Å². The summed E-state index contributed by atoms with van der Waals surface area (Å²) in [5.74, 6) is 1.90. The number of amidine groups is 1. The molecule has 1 fully saturated rings. The van der Waals surface area contributed by atoms with Gasteiger partial charge in [0.1, 0.15) is 28.1 Å². The summed E-state index contributed by atoms with van der Waals surface area (Å²) in [5, 5.41) is 25.8. The average Bonchev–Trinajstić information content (AvgIpc) is 3.32. The Morgan fingerprint density at radius 1 is 1.14 bits per heavy atom. The number of hydrogen-bond acceptors (Lipinski definition) is 8. The van der Waals surface area contributed by atoms with Crippen molar-refractivity contribution in [3.63, 3.8) is 0 Å². The van der Waals surface area contributed by atoms with Crippen LogP contribution in [0.5, 0.6) is 11.5 Å². The molecule has 2 aliphatic rings. The molecule has 0 radical (unpaired) electrons. The second kappa shape index (κ2) is 8.02. The van der Waals surface area contributed by atoms with Crippen molar-refractivity contribution in [2.45, 2.75) is 0 Å². The molecule has 0 amide bonds. The van der Waals surface area contributed by atoms with Crippen LogP contribution >= 0.6 is 11.3 Å². The number of thiazole rings is 1. The van der Waals surface area contributed by atoms with Crippen LogP contribution in [0.1, 0.15) is 5.01 Å². The standard InChI is InChI=1S/C20H25N5O3S/c1-23-6-8-24(9-7-23)25-11-16(26)18(19(25)21)20-22-15(12-29-20)14-10-13(27-2)4-5-17(14)28-3/h4-5,10,12,21,26H,6-9,11H2,1-3H3. The van der Waals surface area contributed by atoms with E-state index in [0.29, 0.717) is 34.5 Å². The lowest BCUT2D eigenvalue weighted by atomic mass is 10.1. The molecule has 154 valence electrons. The number of hydrogen-bond donors (Lipinski definition) is 2. The van der Waals surface area contributed by atoms with Crippen LogP contribution in [0.25, 0.3) is 16.8 Å². The van der Waals surface area contributed by atoms with Gasteiger partial charge in [-0.1, -0.05) is 0 Å². The molecular weight excluding hydrogens is 390 g/mol. The van der Waals surface area contributed by atoms with Gasteiger partial charge in [0.2, 0.25) is 0 Å². The largest absolute Gasteiger partial charge is 0.509 e. The first kappa shape index (κ1) is 19.7. The molecule has 29 heavy (non-hydrogen) atoms. The highest BCUT2D eigenvalue weighted by molar-refractivity contribution is 7.11. The van der Waals surface area contributed by atoms with Gasteiger partial charge in [0.15, 0.2) is 0 Å². The van der Waals surface area contributed by atoms with E-state index >= 15 is 0 Å². The summed E-state index contributed by atoms with van der Waals surface area (Å²) in [5.41, 5.74) is 2.05. The Kier molecular flexibility index (Phi) is 5.44. The van der Waals surface area contributed by atoms with Crippen LogP contribution in [-0.4, -0.2) is 84.8 Å². The van der Waals surface area contributed by atoms with E-state index in [0.717, 1.165) is 37.4 Å². The van der Waals surface area contributed by atoms with Crippen LogP contribution in [0, 0.1) is 5.41 Å². The molecule has 2 aromatic rings. The zero-order valence-electron chi connectivity index (χ0n) is 16.8. The SMILES string of the molecule is COc1ccc(OC)c(-c2csc(C3=C(O)CN(N4CCN(C)CC4)C3=N)n2)c1. The zero-order chi connectivity index (χ0) is 20.5. The molecule has 1 aromatic heterocycles. The highest BCUT2D eigenvalue weighted by Gasteiger charge is 2.34. The normalized spacial score (nSPS) is 18.6. The molecular formula is C20H25N5O3S. The second-order valence-electron chi connectivity index (χ2n) is 7.09. The topological polar surface area (TPSA) is 85.2 Å². The number of aliphatic hydroxyl groups is 1. The van der Waals surface area contributed by atoms with Gasteiger partial charge in [-0.2, -0.15) is 0 Å². The van der Waals surface area contributed by atoms with Gasteiger partial charge in [-0.05, 0) is 25.2 Å². The number of rotatable bonds is 5. The summed E-state index contributed by atoms with van der Waals surface area (Å²) < 4.78 is 10.8. The van der Waals surface area contributed by atoms with E-state index in [1.54, 1.807) is 14.2 Å². The predicted molar refractivity (Wildman–Crippen MR) is 114 cm³/mol. The summed E-state index contributed by atoms with van der Waals surface area (Å²) in [6, 6.07) is 5.56. The highest BCUT2D eigenvalue weighted by atomic mass is 32.1. The Hall–Kier alpha value is -2.62. The first-order chi connectivity index (χ1) is 14.0. The number of hydrazine groups is 1. The van der Waals surface area contributed by atoms with Crippen molar-refractivity contribution in [1.29, 1.82) is 5.41 Å². The van der Waals surface area contributed by atoms with E-state index in [2.05, 4.69) is 17.0 Å². The fraction of sp³-hybridized carbons (Fsp3) is 0.400. The van der Waals surface area contributed by atoms with Gasteiger partial charge in [0.25, 0.3) is 0 Å². The maximum Gasteiger partial charge on any atom is 0.149 e. The molecule has 0 unspecified atom stereocenters. The zero-order valence-corrected chi connectivity index (χ0v) is 17.6. The molecule has 0 saturated carbocycles. The van der Waals surface area contributed by atoms with E-state index in [1.165, 1.54) is 11.3 Å². The minimum absolute atomic E-state index is 0.187. The van der Waals surface area contributed by atoms with Gasteiger partial charge >= 0.3 is 0 Å². The van der Waals surface area contributed by atoms with Crippen LogP contribution in [0.4, 0.5) is 0 Å². The molecule has 3 heterocycles. The molecule has 4 rings (SSSR count). The van der Waals surface area contributed by atoms with Crippen molar-refractivity contribution in [1.82, 2.24) is 19.9 Å². The summed E-state index contributed by atoms with van der Waals surface area (Å²) in [7, 11) is 5.33. The number of nitrogens with zero attached hydrogens (tertiary/aromatic N) is 4. The number of piperazine rings is 1. The lowest BCUT2D eigenvalue weighted by molar-refractivity contribution is 0.00796. The molecule has 8 nitrogen and oxygen atoms in total. The van der Waals surface area contributed by atoms with Crippen LogP contribution in [0.2, 0.25) is 0 Å². The van der Waals surface area contributed by atoms with Crippen LogP contribution in [0.15, 0.2) is 29.3 Å². The Labute approximate surface area is 174 Å².